The van der Waals surface area contributed by atoms with Gasteiger partial charge >= 0.3 is 5.97 Å². The highest BCUT2D eigenvalue weighted by atomic mass is 16.4. The molecule has 2 aromatic carbocycles. The Bertz CT molecular complexity index is 1330. The number of carboxylic acid groups (broad SMARTS) is 1. The first-order valence-corrected chi connectivity index (χ1v) is 9.45. The molecule has 2 heterocycles. The summed E-state index contributed by atoms with van der Waals surface area (Å²) in [5, 5.41) is 9.76. The Balaban J connectivity index is 1.60. The minimum atomic E-state index is -0.977. The lowest BCUT2D eigenvalue weighted by molar-refractivity contribution is 0.0697. The number of aromatic carboxylic acids is 1. The summed E-state index contributed by atoms with van der Waals surface area (Å²) in [7, 11) is 0. The van der Waals surface area contributed by atoms with Gasteiger partial charge in [-0.25, -0.2) is 9.78 Å². The Hall–Kier alpha value is -4.17. The fourth-order valence-electron chi connectivity index (χ4n) is 3.13. The number of benzene rings is 2. The van der Waals surface area contributed by atoms with Crippen molar-refractivity contribution in [1.29, 1.82) is 0 Å². The molecule has 0 atom stereocenters. The molecule has 1 N–H and O–H groups in total. The molecule has 0 saturated heterocycles. The Morgan fingerprint density at radius 1 is 0.933 bits per heavy atom. The minimum absolute atomic E-state index is 0.207. The summed E-state index contributed by atoms with van der Waals surface area (Å²) < 4.78 is 1.56. The van der Waals surface area contributed by atoms with Crippen molar-refractivity contribution in [3.63, 3.8) is 0 Å². The molecule has 0 radical (unpaired) electrons. The average molecular weight is 394 g/mol. The summed E-state index contributed by atoms with van der Waals surface area (Å²) in [5.41, 5.74) is 2.89. The first-order valence-electron chi connectivity index (χ1n) is 9.45. The summed E-state index contributed by atoms with van der Waals surface area (Å²) in [5.74, 6) is 5.16. The molecule has 4 rings (SSSR count). The molecule has 0 aliphatic heterocycles. The van der Waals surface area contributed by atoms with Crippen LogP contribution in [0.2, 0.25) is 0 Å². The number of fused-ring (bicyclic) bond motifs is 1. The quantitative estimate of drug-likeness (QED) is 0.535. The summed E-state index contributed by atoms with van der Waals surface area (Å²) >= 11 is 0. The first-order chi connectivity index (χ1) is 14.6. The molecule has 0 amide bonds. The van der Waals surface area contributed by atoms with E-state index in [0.29, 0.717) is 24.2 Å². The van der Waals surface area contributed by atoms with Crippen LogP contribution < -0.4 is 5.56 Å². The molecule has 30 heavy (non-hydrogen) atoms. The lowest BCUT2D eigenvalue weighted by Crippen LogP contribution is -2.21. The zero-order valence-electron chi connectivity index (χ0n) is 16.1. The molecule has 4 aromatic rings. The molecule has 0 aliphatic carbocycles. The van der Waals surface area contributed by atoms with Crippen molar-refractivity contribution in [2.75, 3.05) is 0 Å². The maximum Gasteiger partial charge on any atom is 0.335 e. The van der Waals surface area contributed by atoms with Gasteiger partial charge < -0.3 is 9.67 Å². The lowest BCUT2D eigenvalue weighted by Gasteiger charge is -2.07. The van der Waals surface area contributed by atoms with Crippen LogP contribution in [0.25, 0.3) is 10.9 Å². The molecule has 0 bridgehead atoms. The van der Waals surface area contributed by atoms with E-state index in [1.165, 1.54) is 12.1 Å². The SMILES string of the molecule is O=C(O)c1ccc(Cn2ccc3ccc(C#CCc4ccccc4)nc3c2=O)cc1. The smallest absolute Gasteiger partial charge is 0.335 e. The predicted octanol–water partition coefficient (Wildman–Crippen LogP) is 3.74. The van der Waals surface area contributed by atoms with E-state index in [9.17, 15) is 9.59 Å². The topological polar surface area (TPSA) is 72.2 Å². The number of rotatable bonds is 4. The van der Waals surface area contributed by atoms with Crippen molar-refractivity contribution in [2.24, 2.45) is 0 Å². The van der Waals surface area contributed by atoms with E-state index in [0.717, 1.165) is 16.5 Å². The summed E-state index contributed by atoms with van der Waals surface area (Å²) in [6, 6.07) is 21.9. The van der Waals surface area contributed by atoms with Crippen LogP contribution in [0.15, 0.2) is 83.8 Å². The van der Waals surface area contributed by atoms with Crippen LogP contribution in [0, 0.1) is 11.8 Å². The van der Waals surface area contributed by atoms with Gasteiger partial charge in [0.15, 0.2) is 0 Å². The molecule has 0 saturated carbocycles. The normalized spacial score (nSPS) is 10.4. The van der Waals surface area contributed by atoms with Gasteiger partial charge in [0, 0.05) is 18.0 Å². The maximum atomic E-state index is 12.9. The van der Waals surface area contributed by atoms with Gasteiger partial charge in [-0.1, -0.05) is 48.4 Å². The van der Waals surface area contributed by atoms with E-state index in [2.05, 4.69) is 16.8 Å². The maximum absolute atomic E-state index is 12.9. The highest BCUT2D eigenvalue weighted by Gasteiger charge is 2.07. The third-order valence-corrected chi connectivity index (χ3v) is 4.73. The third kappa shape index (κ3) is 4.29. The number of hydrogen-bond acceptors (Lipinski definition) is 3. The Kier molecular flexibility index (Phi) is 5.40. The van der Waals surface area contributed by atoms with Gasteiger partial charge in [-0.05, 0) is 47.4 Å². The number of pyridine rings is 2. The molecule has 2 aromatic heterocycles. The number of carbonyl (C=O) groups is 1. The molecule has 0 unspecified atom stereocenters. The zero-order chi connectivity index (χ0) is 20.9. The average Bonchev–Trinajstić information content (AvgIpc) is 2.77. The van der Waals surface area contributed by atoms with Crippen LogP contribution in [0.4, 0.5) is 0 Å². The van der Waals surface area contributed by atoms with Gasteiger partial charge in [0.25, 0.3) is 5.56 Å². The Labute approximate surface area is 173 Å². The van der Waals surface area contributed by atoms with Crippen LogP contribution >= 0.6 is 0 Å². The van der Waals surface area contributed by atoms with E-state index >= 15 is 0 Å². The van der Waals surface area contributed by atoms with Crippen molar-refractivity contribution in [3.05, 3.63) is 112 Å². The number of carboxylic acids is 1. The molecular weight excluding hydrogens is 376 g/mol. The van der Waals surface area contributed by atoms with Gasteiger partial charge in [0.1, 0.15) is 11.2 Å². The Morgan fingerprint density at radius 2 is 1.70 bits per heavy atom. The van der Waals surface area contributed by atoms with Crippen molar-refractivity contribution in [1.82, 2.24) is 9.55 Å². The Morgan fingerprint density at radius 3 is 2.43 bits per heavy atom. The van der Waals surface area contributed by atoms with Crippen LogP contribution in [0.5, 0.6) is 0 Å². The van der Waals surface area contributed by atoms with E-state index in [4.69, 9.17) is 5.11 Å². The molecule has 5 heteroatoms. The standard InChI is InChI=1S/C25H18N2O3/c28-24-23-20(13-14-22(26-23)8-4-7-18-5-2-1-3-6-18)15-16-27(24)17-19-9-11-21(12-10-19)25(29)30/h1-3,5-6,9-16H,7,17H2,(H,29,30). The van der Waals surface area contributed by atoms with E-state index in [-0.39, 0.29) is 11.1 Å². The lowest BCUT2D eigenvalue weighted by atomic mass is 10.1. The molecular formula is C25H18N2O3. The van der Waals surface area contributed by atoms with Gasteiger partial charge in [0.05, 0.1) is 12.1 Å². The molecule has 146 valence electrons. The van der Waals surface area contributed by atoms with Crippen LogP contribution in [-0.2, 0) is 13.0 Å². The van der Waals surface area contributed by atoms with Gasteiger partial charge in [0.2, 0.25) is 0 Å². The molecule has 0 aliphatic rings. The molecule has 5 nitrogen and oxygen atoms in total. The van der Waals surface area contributed by atoms with Crippen molar-refractivity contribution in [2.45, 2.75) is 13.0 Å². The van der Waals surface area contributed by atoms with Crippen molar-refractivity contribution >= 4 is 16.9 Å². The highest BCUT2D eigenvalue weighted by molar-refractivity contribution is 5.87. The summed E-state index contributed by atoms with van der Waals surface area (Å²) in [4.78, 5) is 28.4. The molecule has 0 spiro atoms. The van der Waals surface area contributed by atoms with E-state index in [1.54, 1.807) is 22.9 Å². The van der Waals surface area contributed by atoms with Crippen LogP contribution in [0.3, 0.4) is 0 Å². The summed E-state index contributed by atoms with van der Waals surface area (Å²) in [6.45, 7) is 0.334. The van der Waals surface area contributed by atoms with Gasteiger partial charge in [-0.2, -0.15) is 0 Å². The van der Waals surface area contributed by atoms with E-state index < -0.39 is 5.97 Å². The minimum Gasteiger partial charge on any atom is -0.478 e. The summed E-state index contributed by atoms with van der Waals surface area (Å²) in [6.07, 6.45) is 2.34. The number of aromatic nitrogens is 2. The first kappa shape index (κ1) is 19.2. The fourth-order valence-corrected chi connectivity index (χ4v) is 3.13. The van der Waals surface area contributed by atoms with Crippen LogP contribution in [0.1, 0.15) is 27.2 Å². The second kappa shape index (κ2) is 8.46. The van der Waals surface area contributed by atoms with Crippen molar-refractivity contribution < 1.29 is 9.90 Å². The highest BCUT2D eigenvalue weighted by Crippen LogP contribution is 2.10. The zero-order valence-corrected chi connectivity index (χ0v) is 16.1. The van der Waals surface area contributed by atoms with Crippen LogP contribution in [-0.4, -0.2) is 20.6 Å². The van der Waals surface area contributed by atoms with Gasteiger partial charge in [-0.3, -0.25) is 4.79 Å². The van der Waals surface area contributed by atoms with E-state index in [1.807, 2.05) is 48.5 Å². The second-order valence-electron chi connectivity index (χ2n) is 6.85. The third-order valence-electron chi connectivity index (χ3n) is 4.73. The monoisotopic (exact) mass is 394 g/mol. The fraction of sp³-hybridized carbons (Fsp3) is 0.0800. The second-order valence-corrected chi connectivity index (χ2v) is 6.85. The predicted molar refractivity (Wildman–Crippen MR) is 116 cm³/mol. The van der Waals surface area contributed by atoms with Gasteiger partial charge in [-0.15, -0.1) is 0 Å². The largest absolute Gasteiger partial charge is 0.478 e. The molecule has 0 fully saturated rings. The van der Waals surface area contributed by atoms with Crippen molar-refractivity contribution in [3.8, 4) is 11.8 Å². The number of hydrogen-bond donors (Lipinski definition) is 1. The number of nitrogens with zero attached hydrogens (tertiary/aromatic N) is 2.